The van der Waals surface area contributed by atoms with Gasteiger partial charge in [0.2, 0.25) is 0 Å². The number of nitrogens with one attached hydrogen (secondary N) is 2. The lowest BCUT2D eigenvalue weighted by Crippen LogP contribution is -2.15. The minimum Gasteiger partial charge on any atom is -0.359 e. The van der Waals surface area contributed by atoms with Crippen LogP contribution in [0.3, 0.4) is 0 Å². The fraction of sp³-hybridized carbons (Fsp3) is 0.0588. The van der Waals surface area contributed by atoms with Crippen molar-refractivity contribution in [2.75, 3.05) is 10.6 Å². The number of amides is 1. The molecule has 0 unspecified atom stereocenters. The molecule has 0 fully saturated rings. The van der Waals surface area contributed by atoms with Crippen LogP contribution >= 0.6 is 34.8 Å². The number of hydrogen-bond acceptors (Lipinski definition) is 3. The predicted octanol–water partition coefficient (Wildman–Crippen LogP) is 5.41. The molecular formula is C17H12Cl3N3O. The van der Waals surface area contributed by atoms with Crippen LogP contribution in [0.4, 0.5) is 11.4 Å². The van der Waals surface area contributed by atoms with Gasteiger partial charge in [-0.1, -0.05) is 40.9 Å². The smallest absolute Gasteiger partial charge is 0.267 e. The Labute approximate surface area is 154 Å². The summed E-state index contributed by atoms with van der Waals surface area (Å²) in [6, 6.07) is 11.8. The van der Waals surface area contributed by atoms with E-state index in [-0.39, 0.29) is 5.57 Å². The Bertz CT molecular complexity index is 857. The average Bonchev–Trinajstić information content (AvgIpc) is 2.55. The molecular weight excluding hydrogens is 369 g/mol. The summed E-state index contributed by atoms with van der Waals surface area (Å²) in [7, 11) is 0. The third kappa shape index (κ3) is 4.42. The number of nitrogens with zero attached hydrogens (tertiary/aromatic N) is 1. The second kappa shape index (κ2) is 8.07. The molecule has 24 heavy (non-hydrogen) atoms. The number of nitriles is 1. The topological polar surface area (TPSA) is 64.9 Å². The van der Waals surface area contributed by atoms with Crippen molar-refractivity contribution in [3.05, 3.63) is 68.8 Å². The van der Waals surface area contributed by atoms with Crippen molar-refractivity contribution in [1.29, 1.82) is 5.26 Å². The standard InChI is InChI=1S/C17H12Cl3N3O/c1-10-13(19)3-2-4-15(10)23-17(24)11(8-21)9-22-16-7-12(18)5-6-14(16)20/h2-7,9,22H,1H3,(H,23,24)/b11-9-. The van der Waals surface area contributed by atoms with Gasteiger partial charge in [0.05, 0.1) is 10.7 Å². The van der Waals surface area contributed by atoms with Crippen LogP contribution in [0.25, 0.3) is 0 Å². The molecule has 0 aliphatic heterocycles. The van der Waals surface area contributed by atoms with Gasteiger partial charge in [-0.05, 0) is 42.8 Å². The van der Waals surface area contributed by atoms with E-state index in [1.165, 1.54) is 6.20 Å². The van der Waals surface area contributed by atoms with Crippen LogP contribution in [-0.2, 0) is 4.79 Å². The van der Waals surface area contributed by atoms with E-state index in [1.54, 1.807) is 43.3 Å². The minimum atomic E-state index is -0.562. The third-order valence-corrected chi connectivity index (χ3v) is 4.16. The zero-order valence-electron chi connectivity index (χ0n) is 12.5. The van der Waals surface area contributed by atoms with Gasteiger partial charge in [-0.2, -0.15) is 5.26 Å². The van der Waals surface area contributed by atoms with Crippen LogP contribution in [0.15, 0.2) is 48.2 Å². The number of halogens is 3. The first kappa shape index (κ1) is 18.2. The maximum absolute atomic E-state index is 12.2. The summed E-state index contributed by atoms with van der Waals surface area (Å²) < 4.78 is 0. The Hall–Kier alpha value is -2.19. The van der Waals surface area contributed by atoms with Crippen LogP contribution in [0.1, 0.15) is 5.56 Å². The van der Waals surface area contributed by atoms with E-state index in [0.29, 0.717) is 26.4 Å². The zero-order valence-corrected chi connectivity index (χ0v) is 14.8. The average molecular weight is 381 g/mol. The first-order valence-electron chi connectivity index (χ1n) is 6.80. The molecule has 0 atom stereocenters. The Morgan fingerprint density at radius 2 is 1.88 bits per heavy atom. The summed E-state index contributed by atoms with van der Waals surface area (Å²) in [4.78, 5) is 12.2. The van der Waals surface area contributed by atoms with Crippen molar-refractivity contribution in [2.45, 2.75) is 6.92 Å². The molecule has 1 amide bonds. The molecule has 0 heterocycles. The highest BCUT2D eigenvalue weighted by Crippen LogP contribution is 2.26. The van der Waals surface area contributed by atoms with E-state index >= 15 is 0 Å². The SMILES string of the molecule is Cc1c(Cl)cccc1NC(=O)/C(C#N)=C\Nc1cc(Cl)ccc1Cl. The van der Waals surface area contributed by atoms with Gasteiger partial charge < -0.3 is 10.6 Å². The van der Waals surface area contributed by atoms with E-state index in [2.05, 4.69) is 10.6 Å². The van der Waals surface area contributed by atoms with Crippen molar-refractivity contribution in [3.8, 4) is 6.07 Å². The van der Waals surface area contributed by atoms with Crippen molar-refractivity contribution in [1.82, 2.24) is 0 Å². The summed E-state index contributed by atoms with van der Waals surface area (Å²) in [6.45, 7) is 1.78. The van der Waals surface area contributed by atoms with Crippen molar-refractivity contribution in [3.63, 3.8) is 0 Å². The molecule has 122 valence electrons. The fourth-order valence-electron chi connectivity index (χ4n) is 1.84. The number of rotatable bonds is 4. The quantitative estimate of drug-likeness (QED) is 0.550. The van der Waals surface area contributed by atoms with E-state index in [1.807, 2.05) is 6.07 Å². The number of anilines is 2. The lowest BCUT2D eigenvalue weighted by atomic mass is 10.2. The first-order valence-corrected chi connectivity index (χ1v) is 7.94. The summed E-state index contributed by atoms with van der Waals surface area (Å²) in [5, 5.41) is 16.1. The lowest BCUT2D eigenvalue weighted by molar-refractivity contribution is -0.112. The molecule has 2 aromatic carbocycles. The Kier molecular flexibility index (Phi) is 6.10. The van der Waals surface area contributed by atoms with Gasteiger partial charge in [-0.3, -0.25) is 4.79 Å². The molecule has 2 N–H and O–H groups in total. The second-order valence-corrected chi connectivity index (χ2v) is 6.06. The van der Waals surface area contributed by atoms with E-state index in [9.17, 15) is 10.1 Å². The molecule has 0 saturated heterocycles. The van der Waals surface area contributed by atoms with Gasteiger partial charge in [0.15, 0.2) is 0 Å². The van der Waals surface area contributed by atoms with E-state index in [4.69, 9.17) is 34.8 Å². The maximum Gasteiger partial charge on any atom is 0.267 e. The first-order chi connectivity index (χ1) is 11.4. The van der Waals surface area contributed by atoms with E-state index < -0.39 is 5.91 Å². The van der Waals surface area contributed by atoms with Gasteiger partial charge in [0, 0.05) is 21.9 Å². The molecule has 0 aliphatic carbocycles. The number of hydrogen-bond donors (Lipinski definition) is 2. The number of carbonyl (C=O) groups is 1. The normalized spacial score (nSPS) is 10.9. The van der Waals surface area contributed by atoms with Crippen molar-refractivity contribution < 1.29 is 4.79 Å². The highest BCUT2D eigenvalue weighted by atomic mass is 35.5. The molecule has 0 bridgehead atoms. The molecule has 0 aliphatic rings. The van der Waals surface area contributed by atoms with Crippen LogP contribution < -0.4 is 10.6 Å². The molecule has 0 spiro atoms. The van der Waals surface area contributed by atoms with Crippen LogP contribution in [0.5, 0.6) is 0 Å². The maximum atomic E-state index is 12.2. The highest BCUT2D eigenvalue weighted by molar-refractivity contribution is 6.35. The van der Waals surface area contributed by atoms with Gasteiger partial charge in [-0.25, -0.2) is 0 Å². The predicted molar refractivity (Wildman–Crippen MR) is 98.6 cm³/mol. The molecule has 2 rings (SSSR count). The Morgan fingerprint density at radius 3 is 2.58 bits per heavy atom. The molecule has 7 heteroatoms. The van der Waals surface area contributed by atoms with Crippen LogP contribution in [-0.4, -0.2) is 5.91 Å². The molecule has 0 radical (unpaired) electrons. The van der Waals surface area contributed by atoms with Crippen LogP contribution in [0.2, 0.25) is 15.1 Å². The second-order valence-electron chi connectivity index (χ2n) is 4.80. The summed E-state index contributed by atoms with van der Waals surface area (Å²) in [5.41, 5.74) is 1.62. The van der Waals surface area contributed by atoms with Gasteiger partial charge >= 0.3 is 0 Å². The van der Waals surface area contributed by atoms with Crippen molar-refractivity contribution in [2.24, 2.45) is 0 Å². The lowest BCUT2D eigenvalue weighted by Gasteiger charge is -2.09. The Balaban J connectivity index is 2.18. The van der Waals surface area contributed by atoms with Crippen LogP contribution in [0, 0.1) is 18.3 Å². The van der Waals surface area contributed by atoms with Gasteiger partial charge in [0.25, 0.3) is 5.91 Å². The molecule has 2 aromatic rings. The summed E-state index contributed by atoms with van der Waals surface area (Å²) >= 11 is 17.9. The van der Waals surface area contributed by atoms with Crippen molar-refractivity contribution >= 4 is 52.1 Å². The Morgan fingerprint density at radius 1 is 1.12 bits per heavy atom. The largest absolute Gasteiger partial charge is 0.359 e. The highest BCUT2D eigenvalue weighted by Gasteiger charge is 2.12. The van der Waals surface area contributed by atoms with Gasteiger partial charge in [-0.15, -0.1) is 0 Å². The fourth-order valence-corrected chi connectivity index (χ4v) is 2.36. The van der Waals surface area contributed by atoms with E-state index in [0.717, 1.165) is 5.56 Å². The molecule has 0 aromatic heterocycles. The summed E-state index contributed by atoms with van der Waals surface area (Å²) in [5.74, 6) is -0.562. The molecule has 0 saturated carbocycles. The minimum absolute atomic E-state index is 0.120. The van der Waals surface area contributed by atoms with Gasteiger partial charge in [0.1, 0.15) is 11.6 Å². The zero-order chi connectivity index (χ0) is 17.7. The number of carbonyl (C=O) groups excluding carboxylic acids is 1. The third-order valence-electron chi connectivity index (χ3n) is 3.18. The monoisotopic (exact) mass is 379 g/mol. The number of benzene rings is 2. The molecule has 4 nitrogen and oxygen atoms in total. The summed E-state index contributed by atoms with van der Waals surface area (Å²) in [6.07, 6.45) is 1.27.